The smallest absolute Gasteiger partial charge is 0.118 e. The van der Waals surface area contributed by atoms with Crippen molar-refractivity contribution >= 4 is 0 Å². The Hall–Kier alpha value is -0.930. The highest BCUT2D eigenvalue weighted by molar-refractivity contribution is 5.05. The molecule has 0 saturated carbocycles. The first kappa shape index (κ1) is 7.18. The summed E-state index contributed by atoms with van der Waals surface area (Å²) in [6.07, 6.45) is 1.59. The molecule has 0 aromatic carbocycles. The van der Waals surface area contributed by atoms with Crippen LogP contribution < -0.4 is 5.90 Å². The first-order valence-corrected chi connectivity index (χ1v) is 3.11. The van der Waals surface area contributed by atoms with Crippen LogP contribution in [0.15, 0.2) is 24.4 Å². The highest BCUT2D eigenvalue weighted by Gasteiger charge is 2.02. The Kier molecular flexibility index (Phi) is 2.36. The molecule has 0 aliphatic rings. The Balaban J connectivity index is 2.75. The molecule has 0 aliphatic carbocycles. The SMILES string of the molecule is CC(ON)c1ccccn1. The van der Waals surface area contributed by atoms with Gasteiger partial charge in [-0.15, -0.1) is 0 Å². The van der Waals surface area contributed by atoms with Crippen molar-refractivity contribution in [2.24, 2.45) is 5.90 Å². The monoisotopic (exact) mass is 138 g/mol. The minimum atomic E-state index is -0.124. The molecule has 3 nitrogen and oxygen atoms in total. The molecule has 0 aliphatic heterocycles. The Morgan fingerprint density at radius 1 is 1.60 bits per heavy atom. The van der Waals surface area contributed by atoms with Gasteiger partial charge in [-0.1, -0.05) is 6.07 Å². The molecular formula is C7H10N2O. The maximum atomic E-state index is 4.96. The fourth-order valence-electron chi connectivity index (χ4n) is 0.686. The molecule has 0 bridgehead atoms. The number of hydrogen-bond acceptors (Lipinski definition) is 3. The Labute approximate surface area is 59.8 Å². The quantitative estimate of drug-likeness (QED) is 0.621. The number of pyridine rings is 1. The summed E-state index contributed by atoms with van der Waals surface area (Å²) in [7, 11) is 0. The maximum Gasteiger partial charge on any atom is 0.118 e. The fraction of sp³-hybridized carbons (Fsp3) is 0.286. The minimum absolute atomic E-state index is 0.124. The van der Waals surface area contributed by atoms with E-state index < -0.39 is 0 Å². The van der Waals surface area contributed by atoms with Gasteiger partial charge in [0.2, 0.25) is 0 Å². The molecule has 0 fully saturated rings. The molecule has 1 heterocycles. The van der Waals surface area contributed by atoms with Crippen molar-refractivity contribution in [2.75, 3.05) is 0 Å². The summed E-state index contributed by atoms with van der Waals surface area (Å²) in [5.41, 5.74) is 0.852. The standard InChI is InChI=1S/C7H10N2O/c1-6(10-8)7-4-2-3-5-9-7/h2-6H,8H2,1H3. The zero-order valence-corrected chi connectivity index (χ0v) is 5.82. The summed E-state index contributed by atoms with van der Waals surface area (Å²) >= 11 is 0. The number of nitrogens with two attached hydrogens (primary N) is 1. The van der Waals surface area contributed by atoms with E-state index in [9.17, 15) is 0 Å². The largest absolute Gasteiger partial charge is 0.295 e. The summed E-state index contributed by atoms with van der Waals surface area (Å²) < 4.78 is 0. The Morgan fingerprint density at radius 2 is 2.40 bits per heavy atom. The zero-order chi connectivity index (χ0) is 7.40. The van der Waals surface area contributed by atoms with Gasteiger partial charge < -0.3 is 0 Å². The lowest BCUT2D eigenvalue weighted by Gasteiger charge is -2.05. The number of nitrogens with zero attached hydrogens (tertiary/aromatic N) is 1. The van der Waals surface area contributed by atoms with Crippen LogP contribution in [0.25, 0.3) is 0 Å². The van der Waals surface area contributed by atoms with E-state index in [1.54, 1.807) is 6.20 Å². The molecule has 2 N–H and O–H groups in total. The van der Waals surface area contributed by atoms with Crippen LogP contribution in [-0.2, 0) is 4.84 Å². The van der Waals surface area contributed by atoms with E-state index in [1.807, 2.05) is 25.1 Å². The second kappa shape index (κ2) is 3.29. The van der Waals surface area contributed by atoms with Crippen molar-refractivity contribution < 1.29 is 4.84 Å². The topological polar surface area (TPSA) is 48.1 Å². The van der Waals surface area contributed by atoms with E-state index in [0.29, 0.717) is 0 Å². The molecular weight excluding hydrogens is 128 g/mol. The maximum absolute atomic E-state index is 4.96. The van der Waals surface area contributed by atoms with Gasteiger partial charge in [-0.05, 0) is 19.1 Å². The molecule has 1 unspecified atom stereocenters. The van der Waals surface area contributed by atoms with Gasteiger partial charge in [0.25, 0.3) is 0 Å². The molecule has 10 heavy (non-hydrogen) atoms. The van der Waals surface area contributed by atoms with Crippen molar-refractivity contribution in [1.29, 1.82) is 0 Å². The Morgan fingerprint density at radius 3 is 2.90 bits per heavy atom. The van der Waals surface area contributed by atoms with Crippen molar-refractivity contribution in [1.82, 2.24) is 4.98 Å². The molecule has 0 radical (unpaired) electrons. The van der Waals surface area contributed by atoms with Crippen molar-refractivity contribution in [2.45, 2.75) is 13.0 Å². The normalized spacial score (nSPS) is 13.0. The first-order valence-electron chi connectivity index (χ1n) is 3.11. The van der Waals surface area contributed by atoms with Crippen LogP contribution in [0.3, 0.4) is 0 Å². The van der Waals surface area contributed by atoms with Crippen molar-refractivity contribution in [3.05, 3.63) is 30.1 Å². The lowest BCUT2D eigenvalue weighted by Crippen LogP contribution is -2.06. The minimum Gasteiger partial charge on any atom is -0.295 e. The summed E-state index contributed by atoms with van der Waals surface area (Å²) in [4.78, 5) is 8.62. The van der Waals surface area contributed by atoms with Crippen LogP contribution in [0, 0.1) is 0 Å². The molecule has 0 amide bonds. The van der Waals surface area contributed by atoms with Gasteiger partial charge in [0.05, 0.1) is 5.69 Å². The summed E-state index contributed by atoms with van der Waals surface area (Å²) in [5.74, 6) is 4.96. The van der Waals surface area contributed by atoms with E-state index in [2.05, 4.69) is 9.82 Å². The third kappa shape index (κ3) is 1.52. The molecule has 1 aromatic heterocycles. The fourth-order valence-corrected chi connectivity index (χ4v) is 0.686. The highest BCUT2D eigenvalue weighted by atomic mass is 16.6. The van der Waals surface area contributed by atoms with E-state index in [0.717, 1.165) is 5.69 Å². The van der Waals surface area contributed by atoms with Crippen molar-refractivity contribution in [3.63, 3.8) is 0 Å². The molecule has 0 spiro atoms. The predicted molar refractivity (Wildman–Crippen MR) is 37.9 cm³/mol. The molecule has 1 atom stereocenters. The van der Waals surface area contributed by atoms with Gasteiger partial charge in [0, 0.05) is 6.20 Å². The second-order valence-electron chi connectivity index (χ2n) is 2.03. The van der Waals surface area contributed by atoms with Gasteiger partial charge in [-0.3, -0.25) is 9.82 Å². The van der Waals surface area contributed by atoms with Crippen LogP contribution in [0.5, 0.6) is 0 Å². The third-order valence-corrected chi connectivity index (χ3v) is 1.31. The summed E-state index contributed by atoms with van der Waals surface area (Å²) in [6.45, 7) is 1.85. The predicted octanol–water partition coefficient (Wildman–Crippen LogP) is 1.03. The zero-order valence-electron chi connectivity index (χ0n) is 5.82. The van der Waals surface area contributed by atoms with E-state index in [-0.39, 0.29) is 6.10 Å². The number of rotatable bonds is 2. The molecule has 0 saturated heterocycles. The van der Waals surface area contributed by atoms with Gasteiger partial charge in [-0.2, -0.15) is 0 Å². The average molecular weight is 138 g/mol. The molecule has 1 aromatic rings. The molecule has 54 valence electrons. The van der Waals surface area contributed by atoms with Crippen LogP contribution in [-0.4, -0.2) is 4.98 Å². The van der Waals surface area contributed by atoms with Crippen LogP contribution >= 0.6 is 0 Å². The summed E-state index contributed by atoms with van der Waals surface area (Å²) in [6, 6.07) is 5.63. The van der Waals surface area contributed by atoms with Gasteiger partial charge >= 0.3 is 0 Å². The lowest BCUT2D eigenvalue weighted by atomic mass is 10.2. The van der Waals surface area contributed by atoms with Crippen LogP contribution in [0.1, 0.15) is 18.7 Å². The Bertz CT molecular complexity index is 188. The average Bonchev–Trinajstić information content (AvgIpc) is 2.05. The van der Waals surface area contributed by atoms with Crippen LogP contribution in [0.2, 0.25) is 0 Å². The van der Waals surface area contributed by atoms with Crippen LogP contribution in [0.4, 0.5) is 0 Å². The second-order valence-corrected chi connectivity index (χ2v) is 2.03. The summed E-state index contributed by atoms with van der Waals surface area (Å²) in [5, 5.41) is 0. The van der Waals surface area contributed by atoms with Gasteiger partial charge in [-0.25, -0.2) is 5.90 Å². The molecule has 1 rings (SSSR count). The first-order chi connectivity index (χ1) is 4.84. The number of aromatic nitrogens is 1. The van der Waals surface area contributed by atoms with E-state index in [1.165, 1.54) is 0 Å². The molecule has 3 heteroatoms. The van der Waals surface area contributed by atoms with E-state index >= 15 is 0 Å². The van der Waals surface area contributed by atoms with Crippen molar-refractivity contribution in [3.8, 4) is 0 Å². The lowest BCUT2D eigenvalue weighted by molar-refractivity contribution is 0.0634. The highest BCUT2D eigenvalue weighted by Crippen LogP contribution is 2.09. The van der Waals surface area contributed by atoms with Gasteiger partial charge in [0.15, 0.2) is 0 Å². The third-order valence-electron chi connectivity index (χ3n) is 1.31. The number of hydrogen-bond donors (Lipinski definition) is 1. The van der Waals surface area contributed by atoms with Gasteiger partial charge in [0.1, 0.15) is 6.10 Å². The van der Waals surface area contributed by atoms with E-state index in [4.69, 9.17) is 5.90 Å².